The Morgan fingerprint density at radius 3 is 3.00 bits per heavy atom. The minimum Gasteiger partial charge on any atom is -0.460 e. The molecule has 0 aliphatic heterocycles. The van der Waals surface area contributed by atoms with Crippen molar-refractivity contribution in [2.75, 3.05) is 7.11 Å². The summed E-state index contributed by atoms with van der Waals surface area (Å²) in [5, 5.41) is 1.91. The number of hydrogen-bond donors (Lipinski definition) is 0. The third-order valence-electron chi connectivity index (χ3n) is 1.45. The smallest absolute Gasteiger partial charge is 0.421 e. The van der Waals surface area contributed by atoms with Crippen molar-refractivity contribution in [2.45, 2.75) is 0 Å². The highest BCUT2D eigenvalue weighted by Crippen LogP contribution is 2.09. The van der Waals surface area contributed by atoms with Crippen LogP contribution >= 0.6 is 11.3 Å². The molecule has 72 valence electrons. The Bertz CT molecular complexity index is 389. The van der Waals surface area contributed by atoms with Crippen LogP contribution in [0.4, 0.5) is 0 Å². The van der Waals surface area contributed by atoms with Gasteiger partial charge in [0.1, 0.15) is 0 Å². The van der Waals surface area contributed by atoms with Gasteiger partial charge in [-0.1, -0.05) is 6.07 Å². The van der Waals surface area contributed by atoms with Gasteiger partial charge in [0.2, 0.25) is 0 Å². The molecule has 0 N–H and O–H groups in total. The number of carbonyl (C=O) groups excluding carboxylic acids is 1. The number of rotatable bonds is 3. The Labute approximate surface area is 85.1 Å². The third kappa shape index (κ3) is 2.65. The van der Waals surface area contributed by atoms with Gasteiger partial charge in [0, 0.05) is 11.0 Å². The third-order valence-corrected chi connectivity index (χ3v) is 2.29. The van der Waals surface area contributed by atoms with Crippen molar-refractivity contribution in [1.82, 2.24) is 0 Å². The zero-order chi connectivity index (χ0) is 10.4. The van der Waals surface area contributed by atoms with E-state index in [4.69, 9.17) is 5.53 Å². The van der Waals surface area contributed by atoms with Crippen LogP contribution < -0.4 is 0 Å². The first-order valence-corrected chi connectivity index (χ1v) is 4.68. The van der Waals surface area contributed by atoms with E-state index >= 15 is 0 Å². The van der Waals surface area contributed by atoms with Crippen molar-refractivity contribution in [1.29, 1.82) is 0 Å². The van der Waals surface area contributed by atoms with E-state index in [1.807, 2.05) is 17.5 Å². The highest BCUT2D eigenvalue weighted by atomic mass is 32.1. The molecule has 0 amide bonds. The van der Waals surface area contributed by atoms with Gasteiger partial charge < -0.3 is 10.3 Å². The van der Waals surface area contributed by atoms with Gasteiger partial charge in [-0.25, -0.2) is 4.79 Å². The monoisotopic (exact) mass is 208 g/mol. The molecule has 0 spiro atoms. The van der Waals surface area contributed by atoms with Crippen molar-refractivity contribution in [3.8, 4) is 0 Å². The van der Waals surface area contributed by atoms with E-state index in [9.17, 15) is 4.79 Å². The highest BCUT2D eigenvalue weighted by Gasteiger charge is 2.16. The molecule has 5 heteroatoms. The van der Waals surface area contributed by atoms with E-state index in [-0.39, 0.29) is 5.71 Å². The molecule has 0 radical (unpaired) electrons. The Morgan fingerprint density at radius 1 is 1.71 bits per heavy atom. The molecule has 0 bridgehead atoms. The largest absolute Gasteiger partial charge is 0.460 e. The fourth-order valence-electron chi connectivity index (χ4n) is 0.794. The number of methoxy groups -OCH3 is 1. The Morgan fingerprint density at radius 2 is 2.50 bits per heavy atom. The maximum absolute atomic E-state index is 10.9. The number of carbonyl (C=O) groups is 1. The number of hydrogen-bond acceptors (Lipinski definition) is 3. The van der Waals surface area contributed by atoms with Crippen molar-refractivity contribution in [3.63, 3.8) is 0 Å². The summed E-state index contributed by atoms with van der Waals surface area (Å²) >= 11 is 1.52. The Kier molecular flexibility index (Phi) is 3.79. The molecular formula is C9H8N2O2S. The van der Waals surface area contributed by atoms with Crippen molar-refractivity contribution in [2.24, 2.45) is 0 Å². The van der Waals surface area contributed by atoms with Crippen LogP contribution in [0.5, 0.6) is 0 Å². The number of nitrogens with zero attached hydrogens (tertiary/aromatic N) is 2. The van der Waals surface area contributed by atoms with Crippen LogP contribution in [-0.4, -0.2) is 23.6 Å². The molecule has 0 unspecified atom stereocenters. The van der Waals surface area contributed by atoms with Gasteiger partial charge >= 0.3 is 11.7 Å². The zero-order valence-corrected chi connectivity index (χ0v) is 8.32. The van der Waals surface area contributed by atoms with Crippen LogP contribution in [-0.2, 0) is 9.53 Å². The second-order valence-corrected chi connectivity index (χ2v) is 3.30. The summed E-state index contributed by atoms with van der Waals surface area (Å²) in [5.41, 5.74) is 8.37. The zero-order valence-electron chi connectivity index (χ0n) is 7.51. The molecule has 14 heavy (non-hydrogen) atoms. The maximum Gasteiger partial charge on any atom is 0.421 e. The highest BCUT2D eigenvalue weighted by molar-refractivity contribution is 7.10. The van der Waals surface area contributed by atoms with Crippen molar-refractivity contribution in [3.05, 3.63) is 34.0 Å². The second kappa shape index (κ2) is 5.11. The molecule has 4 nitrogen and oxygen atoms in total. The lowest BCUT2D eigenvalue weighted by Crippen LogP contribution is -2.13. The van der Waals surface area contributed by atoms with Gasteiger partial charge in [-0.05, 0) is 17.5 Å². The molecule has 0 aromatic carbocycles. The van der Waals surface area contributed by atoms with E-state index in [1.54, 1.807) is 6.08 Å². The average molecular weight is 208 g/mol. The SMILES string of the molecule is COC(=O)C(/C=C/c1cccs1)=[N+]=[N-]. The van der Waals surface area contributed by atoms with Crippen LogP contribution in [0.2, 0.25) is 0 Å². The molecule has 0 aliphatic rings. The van der Waals surface area contributed by atoms with E-state index in [2.05, 4.69) is 9.53 Å². The Hall–Kier alpha value is -1.71. The molecule has 1 aromatic heterocycles. The summed E-state index contributed by atoms with van der Waals surface area (Å²) in [6, 6.07) is 3.77. The lowest BCUT2D eigenvalue weighted by molar-refractivity contribution is -0.137. The van der Waals surface area contributed by atoms with Gasteiger partial charge in [0.15, 0.2) is 0 Å². The van der Waals surface area contributed by atoms with Crippen LogP contribution in [0.15, 0.2) is 23.6 Å². The predicted octanol–water partition coefficient (Wildman–Crippen LogP) is 1.61. The van der Waals surface area contributed by atoms with Crippen LogP contribution in [0.25, 0.3) is 11.6 Å². The Balaban J connectivity index is 2.77. The van der Waals surface area contributed by atoms with Gasteiger partial charge in [-0.2, -0.15) is 4.79 Å². The van der Waals surface area contributed by atoms with Crippen molar-refractivity contribution >= 4 is 29.1 Å². The number of ether oxygens (including phenoxy) is 1. The maximum atomic E-state index is 10.9. The molecule has 1 rings (SSSR count). The standard InChI is InChI=1S/C9H8N2O2S/c1-13-9(12)8(11-10)5-4-7-3-2-6-14-7/h2-6H,1H3/b5-4+. The van der Waals surface area contributed by atoms with E-state index in [0.29, 0.717) is 0 Å². The van der Waals surface area contributed by atoms with E-state index in [1.165, 1.54) is 24.5 Å². The van der Waals surface area contributed by atoms with Gasteiger partial charge in [0.05, 0.1) is 7.11 Å². The molecule has 0 saturated carbocycles. The number of esters is 1. The average Bonchev–Trinajstić information content (AvgIpc) is 2.71. The van der Waals surface area contributed by atoms with E-state index in [0.717, 1.165) is 4.88 Å². The quantitative estimate of drug-likeness (QED) is 0.328. The normalized spacial score (nSPS) is 9.79. The lowest BCUT2D eigenvalue weighted by Gasteiger charge is -1.87. The minimum atomic E-state index is -0.666. The fourth-order valence-corrected chi connectivity index (χ4v) is 1.41. The minimum absolute atomic E-state index is 0.124. The molecule has 0 aliphatic carbocycles. The summed E-state index contributed by atoms with van der Waals surface area (Å²) < 4.78 is 4.40. The lowest BCUT2D eigenvalue weighted by atomic mass is 10.3. The van der Waals surface area contributed by atoms with Gasteiger partial charge in [-0.3, -0.25) is 0 Å². The molecular weight excluding hydrogens is 200 g/mol. The summed E-state index contributed by atoms with van der Waals surface area (Å²) in [5.74, 6) is -0.666. The predicted molar refractivity (Wildman–Crippen MR) is 54.0 cm³/mol. The van der Waals surface area contributed by atoms with Crippen LogP contribution in [0.1, 0.15) is 4.88 Å². The van der Waals surface area contributed by atoms with Crippen LogP contribution in [0, 0.1) is 0 Å². The second-order valence-electron chi connectivity index (χ2n) is 2.33. The first kappa shape index (κ1) is 10.4. The number of thiophene rings is 1. The summed E-state index contributed by atoms with van der Waals surface area (Å²) in [6.45, 7) is 0. The van der Waals surface area contributed by atoms with Gasteiger partial charge in [-0.15, -0.1) is 11.3 Å². The molecule has 1 heterocycles. The van der Waals surface area contributed by atoms with Crippen molar-refractivity contribution < 1.29 is 14.3 Å². The molecule has 0 fully saturated rings. The summed E-state index contributed by atoms with van der Waals surface area (Å²) in [7, 11) is 1.23. The van der Waals surface area contributed by atoms with Gasteiger partial charge in [0.25, 0.3) is 0 Å². The fraction of sp³-hybridized carbons (Fsp3) is 0.111. The topological polar surface area (TPSA) is 62.7 Å². The first-order valence-electron chi connectivity index (χ1n) is 3.80. The summed E-state index contributed by atoms with van der Waals surface area (Å²) in [4.78, 5) is 14.7. The summed E-state index contributed by atoms with van der Waals surface area (Å²) in [6.07, 6.45) is 3.08. The molecule has 0 atom stereocenters. The molecule has 1 aromatic rings. The molecule has 0 saturated heterocycles. The first-order chi connectivity index (χ1) is 6.77. The van der Waals surface area contributed by atoms with E-state index < -0.39 is 5.97 Å². The van der Waals surface area contributed by atoms with Crippen LogP contribution in [0.3, 0.4) is 0 Å².